The first-order chi connectivity index (χ1) is 8.83. The molecule has 2 heteroatoms. The smallest absolute Gasteiger partial charge is 0.306 e. The number of cyclic esters (lactones) is 1. The van der Waals surface area contributed by atoms with Gasteiger partial charge in [-0.25, -0.2) is 0 Å². The van der Waals surface area contributed by atoms with E-state index in [1.54, 1.807) is 0 Å². The molecular weight excluding hydrogens is 224 g/mol. The van der Waals surface area contributed by atoms with E-state index in [4.69, 9.17) is 4.74 Å². The lowest BCUT2D eigenvalue weighted by Gasteiger charge is -2.19. The van der Waals surface area contributed by atoms with E-state index in [-0.39, 0.29) is 12.1 Å². The Kier molecular flexibility index (Phi) is 8.97. The molecule has 0 N–H and O–H groups in total. The van der Waals surface area contributed by atoms with Gasteiger partial charge in [-0.1, -0.05) is 51.9 Å². The molecule has 0 spiro atoms. The zero-order valence-corrected chi connectivity index (χ0v) is 12.1. The van der Waals surface area contributed by atoms with Crippen LogP contribution >= 0.6 is 0 Å². The Morgan fingerprint density at radius 1 is 1.00 bits per heavy atom. The molecule has 0 radical (unpaired) electrons. The molecule has 0 aromatic heterocycles. The summed E-state index contributed by atoms with van der Waals surface area (Å²) in [6.45, 7) is 2.24. The van der Waals surface area contributed by atoms with Crippen LogP contribution in [0.3, 0.4) is 0 Å². The van der Waals surface area contributed by atoms with Gasteiger partial charge >= 0.3 is 5.97 Å². The first kappa shape index (κ1) is 15.5. The average Bonchev–Trinajstić information content (AvgIpc) is 2.37. The van der Waals surface area contributed by atoms with E-state index in [2.05, 4.69) is 6.92 Å². The Hall–Kier alpha value is -0.530. The molecule has 0 aliphatic carbocycles. The van der Waals surface area contributed by atoms with Gasteiger partial charge in [0.15, 0.2) is 0 Å². The maximum Gasteiger partial charge on any atom is 0.306 e. The highest BCUT2D eigenvalue weighted by Crippen LogP contribution is 2.19. The highest BCUT2D eigenvalue weighted by Gasteiger charge is 2.15. The normalized spacial score (nSPS) is 22.5. The van der Waals surface area contributed by atoms with Crippen molar-refractivity contribution >= 4 is 5.97 Å². The van der Waals surface area contributed by atoms with Crippen LogP contribution < -0.4 is 0 Å². The second-order valence-electron chi connectivity index (χ2n) is 5.62. The Morgan fingerprint density at radius 3 is 2.56 bits per heavy atom. The van der Waals surface area contributed by atoms with Gasteiger partial charge < -0.3 is 4.74 Å². The van der Waals surface area contributed by atoms with Crippen molar-refractivity contribution in [3.05, 3.63) is 0 Å². The van der Waals surface area contributed by atoms with Crippen molar-refractivity contribution in [1.82, 2.24) is 0 Å². The molecule has 1 saturated heterocycles. The highest BCUT2D eigenvalue weighted by molar-refractivity contribution is 5.69. The number of esters is 1. The molecule has 1 rings (SSSR count). The third-order valence-electron chi connectivity index (χ3n) is 3.83. The Labute approximate surface area is 112 Å². The Balaban J connectivity index is 2.19. The maximum absolute atomic E-state index is 11.6. The van der Waals surface area contributed by atoms with Gasteiger partial charge in [-0.05, 0) is 32.1 Å². The zero-order chi connectivity index (χ0) is 13.1. The molecule has 2 nitrogen and oxygen atoms in total. The summed E-state index contributed by atoms with van der Waals surface area (Å²) in [4.78, 5) is 11.6. The van der Waals surface area contributed by atoms with Gasteiger partial charge in [0.25, 0.3) is 0 Å². The zero-order valence-electron chi connectivity index (χ0n) is 12.1. The summed E-state index contributed by atoms with van der Waals surface area (Å²) in [6, 6.07) is 0. The predicted molar refractivity (Wildman–Crippen MR) is 75.6 cm³/mol. The van der Waals surface area contributed by atoms with Crippen LogP contribution in [0.1, 0.15) is 90.4 Å². The van der Waals surface area contributed by atoms with Gasteiger partial charge in [-0.3, -0.25) is 4.79 Å². The Morgan fingerprint density at radius 2 is 1.72 bits per heavy atom. The van der Waals surface area contributed by atoms with E-state index < -0.39 is 0 Å². The largest absolute Gasteiger partial charge is 0.462 e. The van der Waals surface area contributed by atoms with Crippen LogP contribution in [0.2, 0.25) is 0 Å². The third-order valence-corrected chi connectivity index (χ3v) is 3.83. The van der Waals surface area contributed by atoms with Gasteiger partial charge in [-0.15, -0.1) is 0 Å². The van der Waals surface area contributed by atoms with Crippen molar-refractivity contribution in [2.75, 3.05) is 0 Å². The summed E-state index contributed by atoms with van der Waals surface area (Å²) in [5, 5.41) is 0. The summed E-state index contributed by atoms with van der Waals surface area (Å²) in [7, 11) is 0. The van der Waals surface area contributed by atoms with Crippen LogP contribution in [-0.2, 0) is 9.53 Å². The van der Waals surface area contributed by atoms with E-state index in [0.29, 0.717) is 6.42 Å². The molecule has 0 saturated carbocycles. The van der Waals surface area contributed by atoms with E-state index >= 15 is 0 Å². The highest BCUT2D eigenvalue weighted by atomic mass is 16.5. The first-order valence-corrected chi connectivity index (χ1v) is 8.02. The van der Waals surface area contributed by atoms with Gasteiger partial charge in [0.1, 0.15) is 6.10 Å². The second kappa shape index (κ2) is 10.4. The lowest BCUT2D eigenvalue weighted by Crippen LogP contribution is -2.19. The lowest BCUT2D eigenvalue weighted by atomic mass is 10.0. The fraction of sp³-hybridized carbons (Fsp3) is 0.938. The van der Waals surface area contributed by atoms with Crippen LogP contribution in [0.5, 0.6) is 0 Å². The number of carbonyl (C=O) groups excluding carboxylic acids is 1. The minimum atomic E-state index is 0.0375. The molecule has 18 heavy (non-hydrogen) atoms. The van der Waals surface area contributed by atoms with Crippen molar-refractivity contribution in [2.45, 2.75) is 96.5 Å². The summed E-state index contributed by atoms with van der Waals surface area (Å²) < 4.78 is 5.59. The maximum atomic E-state index is 11.6. The van der Waals surface area contributed by atoms with Crippen molar-refractivity contribution in [2.24, 2.45) is 0 Å². The molecule has 1 unspecified atom stereocenters. The fourth-order valence-electron chi connectivity index (χ4n) is 2.65. The van der Waals surface area contributed by atoms with Gasteiger partial charge in [0, 0.05) is 6.42 Å². The van der Waals surface area contributed by atoms with E-state index in [1.807, 2.05) is 0 Å². The summed E-state index contributed by atoms with van der Waals surface area (Å²) >= 11 is 0. The van der Waals surface area contributed by atoms with Crippen LogP contribution in [0.25, 0.3) is 0 Å². The predicted octanol–water partition coefficient (Wildman–Crippen LogP) is 5.00. The average molecular weight is 254 g/mol. The van der Waals surface area contributed by atoms with Gasteiger partial charge in [0.05, 0.1) is 0 Å². The number of unbranched alkanes of at least 4 members (excludes halogenated alkanes) is 4. The van der Waals surface area contributed by atoms with Crippen molar-refractivity contribution in [3.8, 4) is 0 Å². The standard InChI is InChI=1S/C16H30O2/c1-2-3-4-6-9-12-15-13-10-7-5-8-11-14-16(17)18-15/h15H,2-14H2,1H3. The van der Waals surface area contributed by atoms with Crippen LogP contribution in [0, 0.1) is 0 Å². The molecule has 0 aromatic rings. The minimum absolute atomic E-state index is 0.0375. The van der Waals surface area contributed by atoms with E-state index in [1.165, 1.54) is 57.8 Å². The minimum Gasteiger partial charge on any atom is -0.462 e. The first-order valence-electron chi connectivity index (χ1n) is 8.02. The quantitative estimate of drug-likeness (QED) is 0.492. The lowest BCUT2D eigenvalue weighted by molar-refractivity contribution is -0.150. The van der Waals surface area contributed by atoms with Crippen molar-refractivity contribution in [3.63, 3.8) is 0 Å². The number of ether oxygens (including phenoxy) is 1. The van der Waals surface area contributed by atoms with E-state index in [9.17, 15) is 4.79 Å². The summed E-state index contributed by atoms with van der Waals surface area (Å²) in [5.74, 6) is 0.0375. The number of rotatable bonds is 6. The van der Waals surface area contributed by atoms with E-state index in [0.717, 1.165) is 19.3 Å². The van der Waals surface area contributed by atoms with Gasteiger partial charge in [-0.2, -0.15) is 0 Å². The van der Waals surface area contributed by atoms with Crippen LogP contribution in [0.15, 0.2) is 0 Å². The van der Waals surface area contributed by atoms with Gasteiger partial charge in [0.2, 0.25) is 0 Å². The molecular formula is C16H30O2. The van der Waals surface area contributed by atoms with Crippen molar-refractivity contribution in [1.29, 1.82) is 0 Å². The molecule has 0 bridgehead atoms. The number of hydrogen-bond donors (Lipinski definition) is 0. The van der Waals surface area contributed by atoms with Crippen LogP contribution in [-0.4, -0.2) is 12.1 Å². The SMILES string of the molecule is CCCCCCCC1CCCCCCCC(=O)O1. The molecule has 1 heterocycles. The molecule has 106 valence electrons. The third kappa shape index (κ3) is 7.73. The molecule has 0 amide bonds. The topological polar surface area (TPSA) is 26.3 Å². The summed E-state index contributed by atoms with van der Waals surface area (Å²) in [6.07, 6.45) is 15.5. The number of carbonyl (C=O) groups is 1. The molecule has 1 aliphatic heterocycles. The fourth-order valence-corrected chi connectivity index (χ4v) is 2.65. The molecule has 1 aliphatic rings. The second-order valence-corrected chi connectivity index (χ2v) is 5.62. The van der Waals surface area contributed by atoms with Crippen LogP contribution in [0.4, 0.5) is 0 Å². The monoisotopic (exact) mass is 254 g/mol. The molecule has 0 aromatic carbocycles. The number of hydrogen-bond acceptors (Lipinski definition) is 2. The summed E-state index contributed by atoms with van der Waals surface area (Å²) in [5.41, 5.74) is 0. The molecule has 1 atom stereocenters. The molecule has 1 fully saturated rings. The van der Waals surface area contributed by atoms with Crippen molar-refractivity contribution < 1.29 is 9.53 Å². The Bertz CT molecular complexity index is 213.